The number of carbonyl (C=O) groups is 2. The molecule has 5 aromatic rings. The fraction of sp³-hybridized carbons (Fsp3) is 0.192. The molecule has 0 aliphatic heterocycles. The van der Waals surface area contributed by atoms with E-state index in [0.717, 1.165) is 9.75 Å². The van der Waals surface area contributed by atoms with Crippen molar-refractivity contribution >= 4 is 34.5 Å². The number of thiophene rings is 2. The van der Waals surface area contributed by atoms with Crippen molar-refractivity contribution in [2.45, 2.75) is 25.7 Å². The standard InChI is InChI=1S/C26H24N6O4S2/c1-35-19-10-8-18(9-11-19)24(26(34)27-15-21-6-3-13-37-21)31(16-20-5-2-12-36-20)23(33)17-32-29-25(28-30-32)22-7-4-14-38-22/h2-14,24H,15-17H2,1H3,(H,27,34)/t24-/m0/s1. The van der Waals surface area contributed by atoms with Gasteiger partial charge in [-0.25, -0.2) is 0 Å². The number of benzene rings is 1. The second-order valence-electron chi connectivity index (χ2n) is 8.19. The number of carbonyl (C=O) groups excluding carboxylic acids is 2. The van der Waals surface area contributed by atoms with Crippen LogP contribution >= 0.6 is 22.7 Å². The maximum Gasteiger partial charge on any atom is 0.247 e. The molecule has 4 aromatic heterocycles. The summed E-state index contributed by atoms with van der Waals surface area (Å²) >= 11 is 3.03. The first-order valence-corrected chi connectivity index (χ1v) is 13.4. The van der Waals surface area contributed by atoms with Gasteiger partial charge in [0.25, 0.3) is 0 Å². The number of hydrogen-bond donors (Lipinski definition) is 1. The molecule has 5 rings (SSSR count). The molecular weight excluding hydrogens is 524 g/mol. The summed E-state index contributed by atoms with van der Waals surface area (Å²) in [6, 6.07) is 17.3. The SMILES string of the molecule is COc1ccc([C@@H](C(=O)NCc2cccs2)N(Cc2ccco2)C(=O)Cn2nnc(-c3cccs3)n2)cc1. The Balaban J connectivity index is 1.45. The van der Waals surface area contributed by atoms with Gasteiger partial charge in [-0.3, -0.25) is 9.59 Å². The molecule has 2 amide bonds. The monoisotopic (exact) mass is 548 g/mol. The molecule has 0 bridgehead atoms. The number of methoxy groups -OCH3 is 1. The van der Waals surface area contributed by atoms with Gasteiger partial charge in [0.15, 0.2) is 0 Å². The largest absolute Gasteiger partial charge is 0.497 e. The lowest BCUT2D eigenvalue weighted by Gasteiger charge is -2.30. The van der Waals surface area contributed by atoms with Crippen molar-refractivity contribution in [3.63, 3.8) is 0 Å². The fourth-order valence-electron chi connectivity index (χ4n) is 3.86. The van der Waals surface area contributed by atoms with Crippen LogP contribution in [0.25, 0.3) is 10.7 Å². The Kier molecular flexibility index (Phi) is 7.90. The summed E-state index contributed by atoms with van der Waals surface area (Å²) < 4.78 is 10.8. The molecule has 1 atom stereocenters. The van der Waals surface area contributed by atoms with Crippen LogP contribution in [0.1, 0.15) is 22.2 Å². The van der Waals surface area contributed by atoms with Crippen LogP contribution in [0, 0.1) is 0 Å². The van der Waals surface area contributed by atoms with Crippen molar-refractivity contribution in [2.24, 2.45) is 0 Å². The molecule has 0 fully saturated rings. The molecule has 0 unspecified atom stereocenters. The number of furan rings is 1. The quantitative estimate of drug-likeness (QED) is 0.264. The maximum atomic E-state index is 13.8. The van der Waals surface area contributed by atoms with Crippen molar-refractivity contribution in [3.05, 3.63) is 93.9 Å². The van der Waals surface area contributed by atoms with Gasteiger partial charge in [0, 0.05) is 4.88 Å². The minimum absolute atomic E-state index is 0.0709. The summed E-state index contributed by atoms with van der Waals surface area (Å²) in [4.78, 5) is 32.0. The summed E-state index contributed by atoms with van der Waals surface area (Å²) in [7, 11) is 1.57. The molecular formula is C26H24N6O4S2. The van der Waals surface area contributed by atoms with Crippen LogP contribution in [0.15, 0.2) is 82.1 Å². The first kappa shape index (κ1) is 25.4. The highest BCUT2D eigenvalue weighted by Crippen LogP contribution is 2.27. The number of hydrogen-bond acceptors (Lipinski definition) is 9. The average Bonchev–Trinajstić information content (AvgIpc) is 3.76. The Bertz CT molecular complexity index is 1450. The molecule has 0 saturated heterocycles. The third-order valence-corrected chi connectivity index (χ3v) is 7.45. The van der Waals surface area contributed by atoms with E-state index in [4.69, 9.17) is 9.15 Å². The molecule has 1 aromatic carbocycles. The van der Waals surface area contributed by atoms with Crippen LogP contribution in [0.3, 0.4) is 0 Å². The van der Waals surface area contributed by atoms with Gasteiger partial charge in [-0.2, -0.15) is 4.80 Å². The molecule has 0 aliphatic carbocycles. The molecule has 194 valence electrons. The van der Waals surface area contributed by atoms with Gasteiger partial charge in [-0.05, 0) is 57.9 Å². The van der Waals surface area contributed by atoms with E-state index < -0.39 is 6.04 Å². The van der Waals surface area contributed by atoms with Crippen LogP contribution in [0.2, 0.25) is 0 Å². The van der Waals surface area contributed by atoms with Crippen molar-refractivity contribution in [1.82, 2.24) is 30.4 Å². The van der Waals surface area contributed by atoms with Gasteiger partial charge >= 0.3 is 0 Å². The minimum atomic E-state index is -0.946. The topological polar surface area (TPSA) is 115 Å². The maximum absolute atomic E-state index is 13.8. The summed E-state index contributed by atoms with van der Waals surface area (Å²) in [6.07, 6.45) is 1.53. The first-order valence-electron chi connectivity index (χ1n) is 11.7. The highest BCUT2D eigenvalue weighted by atomic mass is 32.1. The normalized spacial score (nSPS) is 11.7. The van der Waals surface area contributed by atoms with Gasteiger partial charge in [-0.1, -0.05) is 24.3 Å². The van der Waals surface area contributed by atoms with E-state index in [1.165, 1.54) is 27.3 Å². The fourth-order valence-corrected chi connectivity index (χ4v) is 5.16. The van der Waals surface area contributed by atoms with E-state index in [-0.39, 0.29) is 24.9 Å². The molecule has 0 spiro atoms. The van der Waals surface area contributed by atoms with E-state index in [0.29, 0.717) is 29.4 Å². The Morgan fingerprint density at radius 3 is 2.58 bits per heavy atom. The zero-order valence-corrected chi connectivity index (χ0v) is 22.0. The molecule has 0 radical (unpaired) electrons. The average molecular weight is 549 g/mol. The van der Waals surface area contributed by atoms with Crippen LogP contribution in [-0.4, -0.2) is 44.0 Å². The van der Waals surface area contributed by atoms with Crippen LogP contribution in [0.5, 0.6) is 5.75 Å². The van der Waals surface area contributed by atoms with Crippen LogP contribution < -0.4 is 10.1 Å². The number of aromatic nitrogens is 4. The van der Waals surface area contributed by atoms with Crippen molar-refractivity contribution in [2.75, 3.05) is 7.11 Å². The number of amides is 2. The predicted octanol–water partition coefficient (Wildman–Crippen LogP) is 4.15. The molecule has 0 aliphatic rings. The van der Waals surface area contributed by atoms with Gasteiger partial charge in [0.2, 0.25) is 17.6 Å². The Morgan fingerprint density at radius 2 is 1.89 bits per heavy atom. The van der Waals surface area contributed by atoms with Crippen molar-refractivity contribution < 1.29 is 18.7 Å². The molecule has 10 nitrogen and oxygen atoms in total. The van der Waals surface area contributed by atoms with E-state index in [2.05, 4.69) is 20.7 Å². The Hall–Kier alpha value is -4.29. The number of rotatable bonds is 11. The van der Waals surface area contributed by atoms with Gasteiger partial charge in [-0.15, -0.1) is 32.9 Å². The van der Waals surface area contributed by atoms with E-state index in [9.17, 15) is 9.59 Å². The van der Waals surface area contributed by atoms with Crippen molar-refractivity contribution in [3.8, 4) is 16.5 Å². The minimum Gasteiger partial charge on any atom is -0.497 e. The predicted molar refractivity (Wildman–Crippen MR) is 142 cm³/mol. The summed E-state index contributed by atoms with van der Waals surface area (Å²) in [5.74, 6) is 0.917. The molecule has 1 N–H and O–H groups in total. The molecule has 12 heteroatoms. The Morgan fingerprint density at radius 1 is 1.08 bits per heavy atom. The van der Waals surface area contributed by atoms with E-state index in [1.54, 1.807) is 54.8 Å². The van der Waals surface area contributed by atoms with Gasteiger partial charge in [0.05, 0.1) is 31.3 Å². The lowest BCUT2D eigenvalue weighted by Crippen LogP contribution is -2.44. The number of nitrogens with zero attached hydrogens (tertiary/aromatic N) is 5. The van der Waals surface area contributed by atoms with Gasteiger partial charge < -0.3 is 19.4 Å². The molecule has 4 heterocycles. The zero-order valence-electron chi connectivity index (χ0n) is 20.4. The lowest BCUT2D eigenvalue weighted by atomic mass is 10.0. The second kappa shape index (κ2) is 11.8. The van der Waals surface area contributed by atoms with Crippen LogP contribution in [-0.2, 0) is 29.2 Å². The summed E-state index contributed by atoms with van der Waals surface area (Å²) in [5, 5.41) is 19.3. The lowest BCUT2D eigenvalue weighted by molar-refractivity contribution is -0.142. The number of ether oxygens (including phenoxy) is 1. The summed E-state index contributed by atoms with van der Waals surface area (Å²) in [6.45, 7) is 0.214. The zero-order chi connectivity index (χ0) is 26.3. The van der Waals surface area contributed by atoms with Crippen LogP contribution in [0.4, 0.5) is 0 Å². The third-order valence-electron chi connectivity index (χ3n) is 5.71. The van der Waals surface area contributed by atoms with Crippen molar-refractivity contribution in [1.29, 1.82) is 0 Å². The van der Waals surface area contributed by atoms with Gasteiger partial charge in [0.1, 0.15) is 24.1 Å². The third kappa shape index (κ3) is 5.98. The summed E-state index contributed by atoms with van der Waals surface area (Å²) in [5.41, 5.74) is 0.625. The highest BCUT2D eigenvalue weighted by molar-refractivity contribution is 7.13. The molecule has 38 heavy (non-hydrogen) atoms. The smallest absolute Gasteiger partial charge is 0.247 e. The molecule has 0 saturated carbocycles. The first-order chi connectivity index (χ1) is 18.6. The van der Waals surface area contributed by atoms with E-state index in [1.807, 2.05) is 35.0 Å². The number of nitrogens with one attached hydrogen (secondary N) is 1. The number of tetrazole rings is 1. The van der Waals surface area contributed by atoms with E-state index >= 15 is 0 Å². The second-order valence-corrected chi connectivity index (χ2v) is 10.2. The highest BCUT2D eigenvalue weighted by Gasteiger charge is 2.33. The Labute approximate surface area is 226 Å².